The van der Waals surface area contributed by atoms with Crippen LogP contribution in [0.5, 0.6) is 0 Å². The van der Waals surface area contributed by atoms with Crippen molar-refractivity contribution in [3.05, 3.63) is 35.9 Å². The lowest BCUT2D eigenvalue weighted by atomic mass is 9.80. The molecule has 0 spiro atoms. The zero-order valence-electron chi connectivity index (χ0n) is 12.0. The Bertz CT molecular complexity index is 364. The van der Waals surface area contributed by atoms with Crippen molar-refractivity contribution in [3.63, 3.8) is 0 Å². The zero-order valence-corrected chi connectivity index (χ0v) is 12.0. The van der Waals surface area contributed by atoms with Gasteiger partial charge in [-0.2, -0.15) is 0 Å². The molecule has 0 aromatic heterocycles. The van der Waals surface area contributed by atoms with E-state index in [1.165, 1.54) is 5.56 Å². The number of benzene rings is 1. The SMILES string of the molecule is CC(CC(=O)NCCc1ccccc1)C(C)(C)C. The van der Waals surface area contributed by atoms with Crippen LogP contribution in [0.25, 0.3) is 0 Å². The van der Waals surface area contributed by atoms with E-state index in [2.05, 4.69) is 45.1 Å². The summed E-state index contributed by atoms with van der Waals surface area (Å²) < 4.78 is 0. The third-order valence-corrected chi connectivity index (χ3v) is 3.55. The van der Waals surface area contributed by atoms with Gasteiger partial charge in [-0.05, 0) is 23.3 Å². The molecule has 0 bridgehead atoms. The van der Waals surface area contributed by atoms with E-state index < -0.39 is 0 Å². The van der Waals surface area contributed by atoms with Crippen molar-refractivity contribution in [2.24, 2.45) is 11.3 Å². The molecular weight excluding hydrogens is 222 g/mol. The second-order valence-electron chi connectivity index (χ2n) is 6.06. The number of nitrogens with one attached hydrogen (secondary N) is 1. The topological polar surface area (TPSA) is 29.1 Å². The Hall–Kier alpha value is -1.31. The van der Waals surface area contributed by atoms with Crippen LogP contribution in [0.15, 0.2) is 30.3 Å². The molecule has 0 aliphatic rings. The van der Waals surface area contributed by atoms with Gasteiger partial charge in [0.1, 0.15) is 0 Å². The van der Waals surface area contributed by atoms with Gasteiger partial charge in [0.25, 0.3) is 0 Å². The van der Waals surface area contributed by atoms with Crippen molar-refractivity contribution in [2.45, 2.75) is 40.5 Å². The predicted octanol–water partition coefficient (Wildman–Crippen LogP) is 3.42. The summed E-state index contributed by atoms with van der Waals surface area (Å²) in [5.74, 6) is 0.558. The Balaban J connectivity index is 2.26. The number of hydrogen-bond donors (Lipinski definition) is 1. The average molecular weight is 247 g/mol. The Morgan fingerprint density at radius 2 is 1.83 bits per heavy atom. The normalized spacial score (nSPS) is 13.1. The standard InChI is InChI=1S/C16H25NO/c1-13(16(2,3)4)12-15(18)17-11-10-14-8-6-5-7-9-14/h5-9,13H,10-12H2,1-4H3,(H,17,18). The first-order chi connectivity index (χ1) is 8.39. The van der Waals surface area contributed by atoms with Gasteiger partial charge in [0.05, 0.1) is 0 Å². The molecule has 1 aromatic rings. The molecular formula is C16H25NO. The third-order valence-electron chi connectivity index (χ3n) is 3.55. The van der Waals surface area contributed by atoms with E-state index in [9.17, 15) is 4.79 Å². The van der Waals surface area contributed by atoms with E-state index in [1.807, 2.05) is 18.2 Å². The van der Waals surface area contributed by atoms with Gasteiger partial charge in [-0.15, -0.1) is 0 Å². The minimum absolute atomic E-state index is 0.161. The first-order valence-electron chi connectivity index (χ1n) is 6.70. The fourth-order valence-electron chi connectivity index (χ4n) is 1.65. The molecule has 1 unspecified atom stereocenters. The highest BCUT2D eigenvalue weighted by molar-refractivity contribution is 5.76. The van der Waals surface area contributed by atoms with Crippen LogP contribution < -0.4 is 5.32 Å². The molecule has 0 aliphatic heterocycles. The molecule has 1 rings (SSSR count). The lowest BCUT2D eigenvalue weighted by molar-refractivity contribution is -0.122. The van der Waals surface area contributed by atoms with Gasteiger partial charge in [-0.1, -0.05) is 58.0 Å². The highest BCUT2D eigenvalue weighted by atomic mass is 16.1. The molecule has 2 nitrogen and oxygen atoms in total. The fraction of sp³-hybridized carbons (Fsp3) is 0.562. The number of carbonyl (C=O) groups excluding carboxylic acids is 1. The highest BCUT2D eigenvalue weighted by Crippen LogP contribution is 2.27. The predicted molar refractivity (Wildman–Crippen MR) is 76.4 cm³/mol. The van der Waals surface area contributed by atoms with Crippen LogP contribution in [0.3, 0.4) is 0 Å². The average Bonchev–Trinajstić information content (AvgIpc) is 2.29. The summed E-state index contributed by atoms with van der Waals surface area (Å²) in [4.78, 5) is 11.8. The monoisotopic (exact) mass is 247 g/mol. The Labute approximate surface area is 111 Å². The molecule has 2 heteroatoms. The first-order valence-corrected chi connectivity index (χ1v) is 6.70. The zero-order chi connectivity index (χ0) is 13.6. The lowest BCUT2D eigenvalue weighted by Crippen LogP contribution is -2.30. The summed E-state index contributed by atoms with van der Waals surface area (Å²) in [6, 6.07) is 10.2. The van der Waals surface area contributed by atoms with Gasteiger partial charge in [0.2, 0.25) is 5.91 Å². The fourth-order valence-corrected chi connectivity index (χ4v) is 1.65. The van der Waals surface area contributed by atoms with Crippen molar-refractivity contribution in [3.8, 4) is 0 Å². The minimum atomic E-state index is 0.161. The summed E-state index contributed by atoms with van der Waals surface area (Å²) >= 11 is 0. The van der Waals surface area contributed by atoms with Gasteiger partial charge in [-0.3, -0.25) is 4.79 Å². The molecule has 1 atom stereocenters. The number of rotatable bonds is 5. The van der Waals surface area contributed by atoms with Gasteiger partial charge in [0, 0.05) is 13.0 Å². The lowest BCUT2D eigenvalue weighted by Gasteiger charge is -2.26. The van der Waals surface area contributed by atoms with Crippen molar-refractivity contribution in [1.29, 1.82) is 0 Å². The van der Waals surface area contributed by atoms with Crippen LogP contribution >= 0.6 is 0 Å². The van der Waals surface area contributed by atoms with E-state index in [4.69, 9.17) is 0 Å². The number of carbonyl (C=O) groups is 1. The van der Waals surface area contributed by atoms with Crippen LogP contribution in [-0.2, 0) is 11.2 Å². The summed E-state index contributed by atoms with van der Waals surface area (Å²) in [6.45, 7) is 9.38. The largest absolute Gasteiger partial charge is 0.356 e. The van der Waals surface area contributed by atoms with Crippen molar-refractivity contribution in [2.75, 3.05) is 6.54 Å². The van der Waals surface area contributed by atoms with Gasteiger partial charge in [0.15, 0.2) is 0 Å². The van der Waals surface area contributed by atoms with E-state index in [0.29, 0.717) is 12.3 Å². The smallest absolute Gasteiger partial charge is 0.220 e. The molecule has 0 radical (unpaired) electrons. The minimum Gasteiger partial charge on any atom is -0.356 e. The molecule has 0 heterocycles. The second-order valence-corrected chi connectivity index (χ2v) is 6.06. The van der Waals surface area contributed by atoms with Crippen molar-refractivity contribution < 1.29 is 4.79 Å². The van der Waals surface area contributed by atoms with E-state index >= 15 is 0 Å². The molecule has 0 fully saturated rings. The Kier molecular flexibility index (Phi) is 5.39. The van der Waals surface area contributed by atoms with Crippen molar-refractivity contribution in [1.82, 2.24) is 5.32 Å². The Morgan fingerprint density at radius 1 is 1.22 bits per heavy atom. The molecule has 1 N–H and O–H groups in total. The molecule has 18 heavy (non-hydrogen) atoms. The van der Waals surface area contributed by atoms with Crippen LogP contribution in [0.1, 0.15) is 39.7 Å². The summed E-state index contributed by atoms with van der Waals surface area (Å²) in [5.41, 5.74) is 1.46. The van der Waals surface area contributed by atoms with Crippen LogP contribution in [-0.4, -0.2) is 12.5 Å². The highest BCUT2D eigenvalue weighted by Gasteiger charge is 2.22. The number of amides is 1. The van der Waals surface area contributed by atoms with Gasteiger partial charge in [-0.25, -0.2) is 0 Å². The van der Waals surface area contributed by atoms with Crippen LogP contribution in [0.4, 0.5) is 0 Å². The Morgan fingerprint density at radius 3 is 2.39 bits per heavy atom. The molecule has 1 aromatic carbocycles. The van der Waals surface area contributed by atoms with E-state index in [1.54, 1.807) is 0 Å². The molecule has 1 amide bonds. The maximum atomic E-state index is 11.8. The summed E-state index contributed by atoms with van der Waals surface area (Å²) in [6.07, 6.45) is 1.51. The maximum absolute atomic E-state index is 11.8. The molecule has 0 aliphatic carbocycles. The van der Waals surface area contributed by atoms with E-state index in [0.717, 1.165) is 13.0 Å². The summed E-state index contributed by atoms with van der Waals surface area (Å²) in [5, 5.41) is 3.00. The second kappa shape index (κ2) is 6.58. The van der Waals surface area contributed by atoms with Crippen LogP contribution in [0.2, 0.25) is 0 Å². The first kappa shape index (κ1) is 14.7. The maximum Gasteiger partial charge on any atom is 0.220 e. The van der Waals surface area contributed by atoms with Gasteiger partial charge >= 0.3 is 0 Å². The quantitative estimate of drug-likeness (QED) is 0.848. The van der Waals surface area contributed by atoms with Gasteiger partial charge < -0.3 is 5.32 Å². The van der Waals surface area contributed by atoms with E-state index in [-0.39, 0.29) is 11.3 Å². The molecule has 0 saturated carbocycles. The third kappa shape index (κ3) is 5.35. The van der Waals surface area contributed by atoms with Crippen molar-refractivity contribution >= 4 is 5.91 Å². The molecule has 100 valence electrons. The molecule has 0 saturated heterocycles. The summed E-state index contributed by atoms with van der Waals surface area (Å²) in [7, 11) is 0. The van der Waals surface area contributed by atoms with Crippen LogP contribution in [0, 0.1) is 11.3 Å². The number of hydrogen-bond acceptors (Lipinski definition) is 1.